The normalized spacial score (nSPS) is 10.8. The molecule has 1 aromatic carbocycles. The summed E-state index contributed by atoms with van der Waals surface area (Å²) >= 11 is 6.04. The van der Waals surface area contributed by atoms with Crippen molar-refractivity contribution in [1.29, 1.82) is 0 Å². The van der Waals surface area contributed by atoms with Crippen molar-refractivity contribution in [2.75, 3.05) is 12.4 Å². The molecule has 5 nitrogen and oxygen atoms in total. The van der Waals surface area contributed by atoms with Gasteiger partial charge in [0.2, 0.25) is 0 Å². The number of rotatable bonds is 3. The third-order valence-electron chi connectivity index (χ3n) is 3.31. The SMILES string of the molecule is COc1ccc(NC(=O)c2cc3occc3n2C)cc1Cl. The summed E-state index contributed by atoms with van der Waals surface area (Å²) in [6.45, 7) is 0. The number of furan rings is 1. The highest BCUT2D eigenvalue weighted by molar-refractivity contribution is 6.32. The van der Waals surface area contributed by atoms with Crippen LogP contribution in [0, 0.1) is 0 Å². The fraction of sp³-hybridized carbons (Fsp3) is 0.133. The molecule has 0 atom stereocenters. The van der Waals surface area contributed by atoms with E-state index >= 15 is 0 Å². The van der Waals surface area contributed by atoms with E-state index < -0.39 is 0 Å². The molecule has 21 heavy (non-hydrogen) atoms. The summed E-state index contributed by atoms with van der Waals surface area (Å²) in [6.07, 6.45) is 1.59. The fourth-order valence-corrected chi connectivity index (χ4v) is 2.46. The van der Waals surface area contributed by atoms with Crippen molar-refractivity contribution in [2.45, 2.75) is 0 Å². The number of benzene rings is 1. The van der Waals surface area contributed by atoms with Crippen LogP contribution in [0.3, 0.4) is 0 Å². The Labute approximate surface area is 126 Å². The lowest BCUT2D eigenvalue weighted by Gasteiger charge is -2.08. The smallest absolute Gasteiger partial charge is 0.272 e. The molecule has 0 saturated carbocycles. The van der Waals surface area contributed by atoms with Crippen molar-refractivity contribution in [3.05, 3.63) is 47.3 Å². The summed E-state index contributed by atoms with van der Waals surface area (Å²) < 4.78 is 12.1. The van der Waals surface area contributed by atoms with Crippen molar-refractivity contribution in [2.24, 2.45) is 7.05 Å². The fourth-order valence-electron chi connectivity index (χ4n) is 2.21. The number of methoxy groups -OCH3 is 1. The first kappa shape index (κ1) is 13.6. The highest BCUT2D eigenvalue weighted by Crippen LogP contribution is 2.28. The third-order valence-corrected chi connectivity index (χ3v) is 3.60. The largest absolute Gasteiger partial charge is 0.495 e. The summed E-state index contributed by atoms with van der Waals surface area (Å²) in [6, 6.07) is 8.60. The Balaban J connectivity index is 1.87. The Kier molecular flexibility index (Phi) is 3.35. The molecule has 0 spiro atoms. The van der Waals surface area contributed by atoms with Crippen LogP contribution in [0.1, 0.15) is 10.5 Å². The number of aromatic nitrogens is 1. The van der Waals surface area contributed by atoms with Crippen LogP contribution in [0.5, 0.6) is 5.75 Å². The highest BCUT2D eigenvalue weighted by atomic mass is 35.5. The predicted octanol–water partition coefficient (Wildman–Crippen LogP) is 3.69. The Morgan fingerprint density at radius 1 is 1.33 bits per heavy atom. The van der Waals surface area contributed by atoms with Gasteiger partial charge in [0, 0.05) is 24.9 Å². The molecule has 1 N–H and O–H groups in total. The quantitative estimate of drug-likeness (QED) is 0.803. The molecule has 0 radical (unpaired) electrons. The molecule has 0 aliphatic rings. The Morgan fingerprint density at radius 2 is 2.14 bits per heavy atom. The van der Waals surface area contributed by atoms with Crippen molar-refractivity contribution in [3.63, 3.8) is 0 Å². The molecular formula is C15H13ClN2O3. The molecule has 0 aliphatic carbocycles. The second kappa shape index (κ2) is 5.18. The summed E-state index contributed by atoms with van der Waals surface area (Å²) in [5.41, 5.74) is 2.66. The van der Waals surface area contributed by atoms with Gasteiger partial charge < -0.3 is 19.0 Å². The highest BCUT2D eigenvalue weighted by Gasteiger charge is 2.15. The summed E-state index contributed by atoms with van der Waals surface area (Å²) in [5.74, 6) is 0.330. The van der Waals surface area contributed by atoms with E-state index in [2.05, 4.69) is 5.32 Å². The number of fused-ring (bicyclic) bond motifs is 1. The summed E-state index contributed by atoms with van der Waals surface area (Å²) in [7, 11) is 3.35. The van der Waals surface area contributed by atoms with Crippen molar-refractivity contribution >= 4 is 34.3 Å². The van der Waals surface area contributed by atoms with Gasteiger partial charge in [-0.05, 0) is 18.2 Å². The van der Waals surface area contributed by atoms with Gasteiger partial charge in [-0.25, -0.2) is 0 Å². The molecule has 0 bridgehead atoms. The predicted molar refractivity (Wildman–Crippen MR) is 81.1 cm³/mol. The van der Waals surface area contributed by atoms with Crippen LogP contribution in [-0.4, -0.2) is 17.6 Å². The van der Waals surface area contributed by atoms with Gasteiger partial charge in [0.05, 0.1) is 23.9 Å². The average Bonchev–Trinajstić information content (AvgIpc) is 3.02. The van der Waals surface area contributed by atoms with E-state index in [1.165, 1.54) is 0 Å². The minimum atomic E-state index is -0.231. The summed E-state index contributed by atoms with van der Waals surface area (Å²) in [4.78, 5) is 12.3. The van der Waals surface area contributed by atoms with Crippen LogP contribution >= 0.6 is 11.6 Å². The van der Waals surface area contributed by atoms with Gasteiger partial charge >= 0.3 is 0 Å². The first-order chi connectivity index (χ1) is 10.1. The van der Waals surface area contributed by atoms with Gasteiger partial charge in [-0.1, -0.05) is 11.6 Å². The maximum Gasteiger partial charge on any atom is 0.272 e. The third kappa shape index (κ3) is 2.36. The number of amides is 1. The molecule has 0 saturated heterocycles. The molecule has 0 aliphatic heterocycles. The van der Waals surface area contributed by atoms with Crippen molar-refractivity contribution in [3.8, 4) is 5.75 Å². The number of aryl methyl sites for hydroxylation is 1. The van der Waals surface area contributed by atoms with E-state index in [0.717, 1.165) is 5.52 Å². The van der Waals surface area contributed by atoms with E-state index in [1.807, 2.05) is 13.1 Å². The number of anilines is 1. The number of carbonyl (C=O) groups excluding carboxylic acids is 1. The lowest BCUT2D eigenvalue weighted by molar-refractivity contribution is 0.101. The van der Waals surface area contributed by atoms with Gasteiger partial charge in [-0.2, -0.15) is 0 Å². The number of hydrogen-bond acceptors (Lipinski definition) is 3. The number of halogens is 1. The molecular weight excluding hydrogens is 292 g/mol. The second-order valence-corrected chi connectivity index (χ2v) is 4.97. The average molecular weight is 305 g/mol. The standard InChI is InChI=1S/C15H13ClN2O3/c1-18-11-5-6-21-14(11)8-12(18)15(19)17-9-3-4-13(20-2)10(16)7-9/h3-8H,1-2H3,(H,17,19). The molecule has 0 unspecified atom stereocenters. The topological polar surface area (TPSA) is 56.4 Å². The first-order valence-corrected chi connectivity index (χ1v) is 6.66. The zero-order valence-corrected chi connectivity index (χ0v) is 12.3. The van der Waals surface area contributed by atoms with Crippen molar-refractivity contribution in [1.82, 2.24) is 4.57 Å². The number of nitrogens with one attached hydrogen (secondary N) is 1. The molecule has 108 valence electrons. The molecule has 3 rings (SSSR count). The first-order valence-electron chi connectivity index (χ1n) is 6.28. The number of carbonyl (C=O) groups is 1. The van der Waals surface area contributed by atoms with Gasteiger partial charge in [-0.15, -0.1) is 0 Å². The van der Waals surface area contributed by atoms with Crippen LogP contribution in [0.25, 0.3) is 11.1 Å². The van der Waals surface area contributed by atoms with E-state index in [1.54, 1.807) is 42.2 Å². The molecule has 0 fully saturated rings. The van der Waals surface area contributed by atoms with Gasteiger partial charge in [0.15, 0.2) is 5.58 Å². The monoisotopic (exact) mass is 304 g/mol. The Bertz CT molecular complexity index is 820. The lowest BCUT2D eigenvalue weighted by atomic mass is 10.3. The Hall–Kier alpha value is -2.40. The Morgan fingerprint density at radius 3 is 2.81 bits per heavy atom. The minimum Gasteiger partial charge on any atom is -0.495 e. The zero-order chi connectivity index (χ0) is 15.0. The van der Waals surface area contributed by atoms with Crippen LogP contribution in [0.4, 0.5) is 5.69 Å². The van der Waals surface area contributed by atoms with E-state index in [9.17, 15) is 4.79 Å². The second-order valence-electron chi connectivity index (χ2n) is 4.56. The van der Waals surface area contributed by atoms with Crippen molar-refractivity contribution < 1.29 is 13.9 Å². The van der Waals surface area contributed by atoms with Crippen LogP contribution in [0.2, 0.25) is 5.02 Å². The maximum absolute atomic E-state index is 12.3. The molecule has 2 heterocycles. The summed E-state index contributed by atoms with van der Waals surface area (Å²) in [5, 5.41) is 3.24. The molecule has 2 aromatic heterocycles. The van der Waals surface area contributed by atoms with Gasteiger partial charge in [0.1, 0.15) is 11.4 Å². The zero-order valence-electron chi connectivity index (χ0n) is 11.5. The number of nitrogens with zero attached hydrogens (tertiary/aromatic N) is 1. The minimum absolute atomic E-state index is 0.231. The van der Waals surface area contributed by atoms with E-state index in [-0.39, 0.29) is 5.91 Å². The number of ether oxygens (including phenoxy) is 1. The van der Waals surface area contributed by atoms with Crippen LogP contribution in [0.15, 0.2) is 41.0 Å². The lowest BCUT2D eigenvalue weighted by Crippen LogP contribution is -2.15. The van der Waals surface area contributed by atoms with Crippen LogP contribution in [-0.2, 0) is 7.05 Å². The van der Waals surface area contributed by atoms with Gasteiger partial charge in [-0.3, -0.25) is 4.79 Å². The van der Waals surface area contributed by atoms with E-state index in [4.69, 9.17) is 20.8 Å². The number of hydrogen-bond donors (Lipinski definition) is 1. The van der Waals surface area contributed by atoms with E-state index in [0.29, 0.717) is 27.7 Å². The molecule has 3 aromatic rings. The van der Waals surface area contributed by atoms with Gasteiger partial charge in [0.25, 0.3) is 5.91 Å². The molecule has 6 heteroatoms. The maximum atomic E-state index is 12.3. The molecule has 1 amide bonds. The van der Waals surface area contributed by atoms with Crippen LogP contribution < -0.4 is 10.1 Å².